The first-order valence-electron chi connectivity index (χ1n) is 10.7. The van der Waals surface area contributed by atoms with Crippen LogP contribution in [0.25, 0.3) is 0 Å². The summed E-state index contributed by atoms with van der Waals surface area (Å²) >= 11 is 0. The maximum Gasteiger partial charge on any atom is 0.293 e. The lowest BCUT2D eigenvalue weighted by Gasteiger charge is -2.46. The Kier molecular flexibility index (Phi) is 12.5. The third kappa shape index (κ3) is 7.25. The van der Waals surface area contributed by atoms with E-state index in [4.69, 9.17) is 33.2 Å². The zero-order valence-electron chi connectivity index (χ0n) is 18.6. The van der Waals surface area contributed by atoms with Crippen molar-refractivity contribution >= 4 is 12.9 Å². The van der Waals surface area contributed by atoms with Crippen LogP contribution in [0.2, 0.25) is 0 Å². The van der Waals surface area contributed by atoms with E-state index >= 15 is 0 Å². The zero-order chi connectivity index (χ0) is 25.1. The lowest BCUT2D eigenvalue weighted by Crippen LogP contribution is -2.65. The number of nitrogens with one attached hydrogen (secondary N) is 1. The average Bonchev–Trinajstić information content (AvgIpc) is 2.83. The van der Waals surface area contributed by atoms with Crippen LogP contribution in [0.3, 0.4) is 0 Å². The maximum absolute atomic E-state index is 11.0. The Morgan fingerprint density at radius 3 is 2.03 bits per heavy atom. The highest BCUT2D eigenvalue weighted by Gasteiger charge is 2.53. The van der Waals surface area contributed by atoms with Crippen molar-refractivity contribution in [1.29, 1.82) is 0 Å². The smallest absolute Gasteiger partial charge is 0.293 e. The monoisotopic (exact) mass is 499 g/mol. The van der Waals surface area contributed by atoms with Gasteiger partial charge in [-0.1, -0.05) is 0 Å². The summed E-state index contributed by atoms with van der Waals surface area (Å²) in [6.07, 6.45) is -14.7. The van der Waals surface area contributed by atoms with Crippen molar-refractivity contribution in [3.8, 4) is 0 Å². The van der Waals surface area contributed by atoms with Crippen LogP contribution >= 0.6 is 0 Å². The van der Waals surface area contributed by atoms with Crippen molar-refractivity contribution < 1.29 is 68.3 Å². The molecule has 34 heavy (non-hydrogen) atoms. The molecule has 0 aromatic carbocycles. The molecule has 10 atom stereocenters. The lowest BCUT2D eigenvalue weighted by molar-refractivity contribution is -0.367. The summed E-state index contributed by atoms with van der Waals surface area (Å²) in [5.41, 5.74) is 0. The van der Waals surface area contributed by atoms with E-state index in [0.29, 0.717) is 13.2 Å². The van der Waals surface area contributed by atoms with E-state index in [1.165, 1.54) is 0 Å². The summed E-state index contributed by atoms with van der Waals surface area (Å²) < 4.78 is 37.3. The number of ether oxygens (including phenoxy) is 7. The Morgan fingerprint density at radius 2 is 1.41 bits per heavy atom. The fraction of sp³-hybridized carbons (Fsp3) is 0.895. The van der Waals surface area contributed by atoms with E-state index in [0.717, 1.165) is 0 Å². The zero-order valence-corrected chi connectivity index (χ0v) is 18.6. The average molecular weight is 499 g/mol. The minimum absolute atomic E-state index is 0.0101. The van der Waals surface area contributed by atoms with Gasteiger partial charge in [0.2, 0.25) is 0 Å². The number of carbonyl (C=O) groups is 2. The summed E-state index contributed by atoms with van der Waals surface area (Å²) in [5, 5.41) is 53.1. The van der Waals surface area contributed by atoms with Crippen LogP contribution in [-0.2, 0) is 42.7 Å². The Morgan fingerprint density at radius 1 is 0.794 bits per heavy atom. The quantitative estimate of drug-likeness (QED) is 0.0922. The predicted octanol–water partition coefficient (Wildman–Crippen LogP) is -4.78. The van der Waals surface area contributed by atoms with E-state index in [2.05, 4.69) is 5.32 Å². The summed E-state index contributed by atoms with van der Waals surface area (Å²) in [6.45, 7) is -0.147. The van der Waals surface area contributed by atoms with Gasteiger partial charge in [-0.05, 0) is 7.05 Å². The van der Waals surface area contributed by atoms with Gasteiger partial charge in [0.1, 0.15) is 36.6 Å². The lowest BCUT2D eigenvalue weighted by atomic mass is 9.97. The Bertz CT molecular complexity index is 599. The summed E-state index contributed by atoms with van der Waals surface area (Å²) in [4.78, 5) is 22.0. The maximum atomic E-state index is 11.0. The van der Waals surface area contributed by atoms with Crippen LogP contribution in [0.5, 0.6) is 0 Å². The first kappa shape index (κ1) is 28.7. The van der Waals surface area contributed by atoms with Crippen molar-refractivity contribution in [2.45, 2.75) is 61.4 Å². The first-order valence-corrected chi connectivity index (χ1v) is 10.7. The van der Waals surface area contributed by atoms with E-state index in [1.807, 2.05) is 0 Å². The predicted molar refractivity (Wildman–Crippen MR) is 107 cm³/mol. The van der Waals surface area contributed by atoms with Gasteiger partial charge >= 0.3 is 0 Å². The molecular weight excluding hydrogens is 466 g/mol. The second-order valence-corrected chi connectivity index (χ2v) is 7.50. The van der Waals surface area contributed by atoms with Crippen molar-refractivity contribution in [3.63, 3.8) is 0 Å². The standard InChI is InChI=1S/C19H33NO14/c1-20-2-3-28-4-5-29-18-16(14(27)12(25)10(6-21)32-18)34-19-17(31-9-24)15(30-8-23)13(26)11(7-22)33-19/h8-22,25-27H,2-7H2,1H3/t10-,11+,12+,13+,14-,15+,16-,17-,18?,19+/m0/s1. The molecule has 2 aliphatic rings. The molecule has 0 radical (unpaired) electrons. The third-order valence-corrected chi connectivity index (χ3v) is 5.35. The summed E-state index contributed by atoms with van der Waals surface area (Å²) in [7, 11) is 1.76. The van der Waals surface area contributed by atoms with Crippen LogP contribution in [0.1, 0.15) is 0 Å². The van der Waals surface area contributed by atoms with Crippen LogP contribution in [0.4, 0.5) is 0 Å². The third-order valence-electron chi connectivity index (χ3n) is 5.35. The molecule has 2 heterocycles. The molecule has 2 rings (SSSR count). The molecule has 0 amide bonds. The van der Waals surface area contributed by atoms with Gasteiger partial charge in [-0.25, -0.2) is 0 Å². The van der Waals surface area contributed by atoms with E-state index in [9.17, 15) is 35.1 Å². The van der Waals surface area contributed by atoms with Crippen LogP contribution in [-0.4, -0.2) is 147 Å². The second-order valence-electron chi connectivity index (χ2n) is 7.50. The molecule has 2 saturated heterocycles. The van der Waals surface area contributed by atoms with Gasteiger partial charge in [0.25, 0.3) is 12.9 Å². The number of carbonyl (C=O) groups excluding carboxylic acids is 2. The molecule has 6 N–H and O–H groups in total. The highest BCUT2D eigenvalue weighted by Crippen LogP contribution is 2.31. The molecular formula is C19H33NO14. The number of likely N-dealkylation sites (N-methyl/N-ethyl adjacent to an activating group) is 1. The van der Waals surface area contributed by atoms with Gasteiger partial charge < -0.3 is 64.0 Å². The molecule has 2 fully saturated rings. The summed E-state index contributed by atoms with van der Waals surface area (Å²) in [6, 6.07) is 0. The van der Waals surface area contributed by atoms with Crippen molar-refractivity contribution in [2.24, 2.45) is 0 Å². The highest BCUT2D eigenvalue weighted by atomic mass is 16.8. The molecule has 0 spiro atoms. The normalized spacial score (nSPS) is 38.3. The Labute approximate surface area is 195 Å². The number of rotatable bonds is 15. The van der Waals surface area contributed by atoms with Crippen molar-refractivity contribution in [3.05, 3.63) is 0 Å². The number of hydrogen-bond donors (Lipinski definition) is 6. The molecule has 2 aliphatic heterocycles. The van der Waals surface area contributed by atoms with Crippen LogP contribution in [0.15, 0.2) is 0 Å². The molecule has 0 aromatic rings. The molecule has 0 aliphatic carbocycles. The molecule has 198 valence electrons. The fourth-order valence-electron chi connectivity index (χ4n) is 3.57. The van der Waals surface area contributed by atoms with Gasteiger partial charge in [-0.2, -0.15) is 0 Å². The van der Waals surface area contributed by atoms with Gasteiger partial charge in [0.15, 0.2) is 24.8 Å². The van der Waals surface area contributed by atoms with Gasteiger partial charge in [-0.3, -0.25) is 9.59 Å². The van der Waals surface area contributed by atoms with Crippen molar-refractivity contribution in [1.82, 2.24) is 5.32 Å². The van der Waals surface area contributed by atoms with Crippen LogP contribution < -0.4 is 5.32 Å². The van der Waals surface area contributed by atoms with Gasteiger partial charge in [0, 0.05) is 6.54 Å². The first-order chi connectivity index (χ1) is 16.4. The minimum atomic E-state index is -1.66. The largest absolute Gasteiger partial charge is 0.458 e. The second kappa shape index (κ2) is 14.8. The summed E-state index contributed by atoms with van der Waals surface area (Å²) in [5.74, 6) is 0. The van der Waals surface area contributed by atoms with Crippen molar-refractivity contribution in [2.75, 3.05) is 46.6 Å². The highest BCUT2D eigenvalue weighted by molar-refractivity contribution is 5.40. The molecule has 1 unspecified atom stereocenters. The molecule has 15 nitrogen and oxygen atoms in total. The van der Waals surface area contributed by atoms with Crippen LogP contribution in [0, 0.1) is 0 Å². The molecule has 0 aromatic heterocycles. The fourth-order valence-corrected chi connectivity index (χ4v) is 3.57. The topological polar surface area (TPSA) is 212 Å². The molecule has 0 bridgehead atoms. The van der Waals surface area contributed by atoms with E-state index < -0.39 is 74.6 Å². The Balaban J connectivity index is 2.18. The number of aliphatic hydroxyl groups excluding tert-OH is 5. The number of aliphatic hydroxyl groups is 5. The number of hydrogen-bond acceptors (Lipinski definition) is 15. The molecule has 15 heteroatoms. The van der Waals surface area contributed by atoms with Gasteiger partial charge in [0.05, 0.1) is 33.0 Å². The Hall–Kier alpha value is -1.50. The van der Waals surface area contributed by atoms with E-state index in [-0.39, 0.29) is 26.2 Å². The molecule has 0 saturated carbocycles. The minimum Gasteiger partial charge on any atom is -0.458 e. The van der Waals surface area contributed by atoms with Gasteiger partial charge in [-0.15, -0.1) is 0 Å². The van der Waals surface area contributed by atoms with E-state index in [1.54, 1.807) is 7.05 Å². The SMILES string of the molecule is CNCCOCCOC1O[C@@H](CO)[C@@H](O)[C@H](O)[C@@H]1O[C@H]1O[C@H](CO)[C@@H](O)[C@@H](OC=O)[C@@H]1OC=O.